The van der Waals surface area contributed by atoms with Crippen LogP contribution in [0.4, 0.5) is 19.1 Å². The maximum absolute atomic E-state index is 12.8. The summed E-state index contributed by atoms with van der Waals surface area (Å²) in [5.41, 5.74) is -1.00. The van der Waals surface area contributed by atoms with Crippen LogP contribution in [0.2, 0.25) is 0 Å². The third-order valence-electron chi connectivity index (χ3n) is 2.31. The van der Waals surface area contributed by atoms with Crippen molar-refractivity contribution in [2.24, 2.45) is 0 Å². The van der Waals surface area contributed by atoms with Crippen molar-refractivity contribution in [2.45, 2.75) is 31.0 Å². The number of hydrogen-bond acceptors (Lipinski definition) is 6. The van der Waals surface area contributed by atoms with E-state index in [1.54, 1.807) is 0 Å². The van der Waals surface area contributed by atoms with Crippen LogP contribution in [0.3, 0.4) is 0 Å². The molecule has 1 aromatic heterocycles. The molecule has 0 amide bonds. The minimum Gasteiger partial charge on any atom is -0.469 e. The third-order valence-corrected chi connectivity index (χ3v) is 3.22. The first kappa shape index (κ1) is 17.5. The predicted molar refractivity (Wildman–Crippen MR) is 73.2 cm³/mol. The van der Waals surface area contributed by atoms with Gasteiger partial charge in [-0.1, -0.05) is 6.92 Å². The van der Waals surface area contributed by atoms with Gasteiger partial charge in [-0.25, -0.2) is 9.97 Å². The largest absolute Gasteiger partial charge is 0.469 e. The molecule has 0 aliphatic carbocycles. The average Bonchev–Trinajstić information content (AvgIpc) is 2.43. The molecule has 9 heteroatoms. The van der Waals surface area contributed by atoms with Crippen LogP contribution in [0.1, 0.15) is 25.5 Å². The van der Waals surface area contributed by atoms with Crippen LogP contribution in [-0.2, 0) is 15.7 Å². The molecular formula is C12H16F3N3O2S. The molecule has 0 saturated heterocycles. The number of rotatable bonds is 7. The van der Waals surface area contributed by atoms with Crippen molar-refractivity contribution in [3.8, 4) is 0 Å². The molecule has 1 aromatic rings. The van der Waals surface area contributed by atoms with E-state index in [1.165, 1.54) is 7.11 Å². The summed E-state index contributed by atoms with van der Waals surface area (Å²) in [7, 11) is 1.26. The summed E-state index contributed by atoms with van der Waals surface area (Å²) in [5, 5.41) is 2.90. The van der Waals surface area contributed by atoms with E-state index in [2.05, 4.69) is 20.0 Å². The second kappa shape index (κ2) is 8.06. The fraction of sp³-hybridized carbons (Fsp3) is 0.583. The Morgan fingerprint density at radius 2 is 2.14 bits per heavy atom. The molecular weight excluding hydrogens is 307 g/mol. The van der Waals surface area contributed by atoms with Crippen LogP contribution in [0.5, 0.6) is 0 Å². The molecule has 5 nitrogen and oxygen atoms in total. The van der Waals surface area contributed by atoms with Gasteiger partial charge in [-0.15, -0.1) is 11.8 Å². The van der Waals surface area contributed by atoms with E-state index in [4.69, 9.17) is 0 Å². The molecule has 118 valence electrons. The van der Waals surface area contributed by atoms with E-state index in [0.29, 0.717) is 6.54 Å². The van der Waals surface area contributed by atoms with Gasteiger partial charge in [0, 0.05) is 18.4 Å². The fourth-order valence-electron chi connectivity index (χ4n) is 1.30. The third kappa shape index (κ3) is 6.19. The molecule has 0 aliphatic rings. The summed E-state index contributed by atoms with van der Waals surface area (Å²) in [6.45, 7) is 2.36. The molecule has 0 fully saturated rings. The van der Waals surface area contributed by atoms with Crippen molar-refractivity contribution in [3.05, 3.63) is 11.8 Å². The Morgan fingerprint density at radius 1 is 1.43 bits per heavy atom. The molecule has 0 spiro atoms. The number of hydrogen-bond donors (Lipinski definition) is 1. The van der Waals surface area contributed by atoms with E-state index < -0.39 is 17.8 Å². The molecule has 0 unspecified atom stereocenters. The van der Waals surface area contributed by atoms with Gasteiger partial charge < -0.3 is 10.1 Å². The minimum atomic E-state index is -4.54. The lowest BCUT2D eigenvalue weighted by molar-refractivity contribution is -0.141. The average molecular weight is 323 g/mol. The summed E-state index contributed by atoms with van der Waals surface area (Å²) in [4.78, 5) is 18.4. The van der Waals surface area contributed by atoms with Crippen LogP contribution in [-0.4, -0.2) is 35.3 Å². The number of ether oxygens (including phenoxy) is 1. The van der Waals surface area contributed by atoms with Crippen LogP contribution in [0.25, 0.3) is 0 Å². The van der Waals surface area contributed by atoms with Crippen LogP contribution in [0, 0.1) is 0 Å². The van der Waals surface area contributed by atoms with E-state index in [0.717, 1.165) is 24.2 Å². The summed E-state index contributed by atoms with van der Waals surface area (Å²) in [5.74, 6) is -0.196. The number of esters is 1. The van der Waals surface area contributed by atoms with Crippen LogP contribution in [0.15, 0.2) is 11.1 Å². The van der Waals surface area contributed by atoms with Gasteiger partial charge in [-0.2, -0.15) is 13.2 Å². The molecule has 0 aliphatic heterocycles. The molecule has 1 heterocycles. The second-order valence-electron chi connectivity index (χ2n) is 4.01. The highest BCUT2D eigenvalue weighted by Gasteiger charge is 2.33. The molecule has 0 aromatic carbocycles. The normalized spacial score (nSPS) is 11.3. The first-order valence-electron chi connectivity index (χ1n) is 6.26. The van der Waals surface area contributed by atoms with Gasteiger partial charge in [0.15, 0.2) is 5.69 Å². The Bertz CT molecular complexity index is 483. The van der Waals surface area contributed by atoms with Gasteiger partial charge in [-0.3, -0.25) is 4.79 Å². The number of methoxy groups -OCH3 is 1. The molecule has 0 bridgehead atoms. The lowest BCUT2D eigenvalue weighted by atomic mass is 10.4. The fourth-order valence-corrected chi connectivity index (χ4v) is 2.12. The Hall–Kier alpha value is -1.51. The van der Waals surface area contributed by atoms with Gasteiger partial charge in [0.2, 0.25) is 5.95 Å². The Kier molecular flexibility index (Phi) is 6.73. The lowest BCUT2D eigenvalue weighted by Crippen LogP contribution is -2.13. The highest BCUT2D eigenvalue weighted by atomic mass is 32.2. The summed E-state index contributed by atoms with van der Waals surface area (Å²) in [6.07, 6.45) is -3.70. The van der Waals surface area contributed by atoms with Gasteiger partial charge in [0.05, 0.1) is 13.5 Å². The van der Waals surface area contributed by atoms with Crippen molar-refractivity contribution < 1.29 is 22.7 Å². The zero-order valence-electron chi connectivity index (χ0n) is 11.7. The predicted octanol–water partition coefficient (Wildman–Crippen LogP) is 2.97. The topological polar surface area (TPSA) is 64.1 Å². The number of anilines is 1. The summed E-state index contributed by atoms with van der Waals surface area (Å²) >= 11 is 1.05. The number of aromatic nitrogens is 2. The first-order valence-corrected chi connectivity index (χ1v) is 7.25. The van der Waals surface area contributed by atoms with Crippen LogP contribution >= 0.6 is 11.8 Å². The maximum Gasteiger partial charge on any atom is 0.433 e. The van der Waals surface area contributed by atoms with Crippen molar-refractivity contribution in [1.29, 1.82) is 0 Å². The lowest BCUT2D eigenvalue weighted by Gasteiger charge is -2.11. The number of alkyl halides is 3. The van der Waals surface area contributed by atoms with Gasteiger partial charge >= 0.3 is 12.1 Å². The first-order chi connectivity index (χ1) is 9.86. The van der Waals surface area contributed by atoms with Gasteiger partial charge in [0.1, 0.15) is 5.03 Å². The van der Waals surface area contributed by atoms with Crippen molar-refractivity contribution >= 4 is 23.7 Å². The number of carbonyl (C=O) groups excluding carboxylic acids is 1. The molecule has 0 saturated carbocycles. The Balaban J connectivity index is 2.83. The Labute approximate surface area is 124 Å². The molecule has 21 heavy (non-hydrogen) atoms. The Morgan fingerprint density at radius 3 is 2.71 bits per heavy atom. The van der Waals surface area contributed by atoms with E-state index in [9.17, 15) is 18.0 Å². The maximum atomic E-state index is 12.8. The number of halogens is 3. The van der Waals surface area contributed by atoms with Crippen molar-refractivity contribution in [1.82, 2.24) is 9.97 Å². The zero-order chi connectivity index (χ0) is 15.9. The zero-order valence-corrected chi connectivity index (χ0v) is 12.5. The van der Waals surface area contributed by atoms with E-state index in [1.807, 2.05) is 6.92 Å². The van der Waals surface area contributed by atoms with Crippen LogP contribution < -0.4 is 5.32 Å². The number of nitrogens with zero attached hydrogens (tertiary/aromatic N) is 2. The van der Waals surface area contributed by atoms with Gasteiger partial charge in [0.25, 0.3) is 0 Å². The standard InChI is InChI=1S/C12H16F3N3O2S/c1-3-5-16-11-17-8(12(13,14)15)7-9(18-11)21-6-4-10(19)20-2/h7H,3-6H2,1-2H3,(H,16,17,18). The van der Waals surface area contributed by atoms with Crippen molar-refractivity contribution in [2.75, 3.05) is 24.7 Å². The summed E-state index contributed by atoms with van der Waals surface area (Å²) in [6, 6.07) is 0.874. The molecule has 1 rings (SSSR count). The second-order valence-corrected chi connectivity index (χ2v) is 5.13. The molecule has 0 radical (unpaired) electrons. The van der Waals surface area contributed by atoms with Gasteiger partial charge in [-0.05, 0) is 6.42 Å². The highest BCUT2D eigenvalue weighted by molar-refractivity contribution is 7.99. The van der Waals surface area contributed by atoms with E-state index >= 15 is 0 Å². The quantitative estimate of drug-likeness (QED) is 0.473. The smallest absolute Gasteiger partial charge is 0.433 e. The number of thioether (sulfide) groups is 1. The minimum absolute atomic E-state index is 0.0627. The summed E-state index contributed by atoms with van der Waals surface area (Å²) < 4.78 is 42.8. The van der Waals surface area contributed by atoms with Crippen molar-refractivity contribution in [3.63, 3.8) is 0 Å². The van der Waals surface area contributed by atoms with E-state index in [-0.39, 0.29) is 23.1 Å². The monoisotopic (exact) mass is 323 g/mol. The highest BCUT2D eigenvalue weighted by Crippen LogP contribution is 2.31. The number of carbonyl (C=O) groups is 1. The SMILES string of the molecule is CCCNc1nc(SCCC(=O)OC)cc(C(F)(F)F)n1. The number of nitrogens with one attached hydrogen (secondary N) is 1. The molecule has 1 N–H and O–H groups in total. The molecule has 0 atom stereocenters.